The van der Waals surface area contributed by atoms with Gasteiger partial charge in [-0.05, 0) is 36.8 Å². The Morgan fingerprint density at radius 1 is 0.885 bits per heavy atom. The minimum Gasteiger partial charge on any atom is -0.497 e. The fourth-order valence-corrected chi connectivity index (χ4v) is 2.81. The summed E-state index contributed by atoms with van der Waals surface area (Å²) < 4.78 is 27.4. The third-order valence-electron chi connectivity index (χ3n) is 4.17. The van der Waals surface area contributed by atoms with Gasteiger partial charge in [-0.2, -0.15) is 0 Å². The van der Waals surface area contributed by atoms with E-state index in [2.05, 4.69) is 0 Å². The molecule has 0 radical (unpaired) electrons. The molecule has 26 heavy (non-hydrogen) atoms. The topological polar surface area (TPSA) is 63.2 Å². The summed E-state index contributed by atoms with van der Waals surface area (Å²) in [6.07, 6.45) is -2.06. The number of ether oxygens (including phenoxy) is 5. The molecule has 0 aromatic heterocycles. The van der Waals surface area contributed by atoms with E-state index in [1.807, 2.05) is 48.5 Å². The largest absolute Gasteiger partial charge is 0.497 e. The molecule has 138 valence electrons. The molecule has 0 spiro atoms. The average molecular weight is 358 g/mol. The maximum absolute atomic E-state index is 12.4. The van der Waals surface area contributed by atoms with Crippen LogP contribution in [0.15, 0.2) is 48.5 Å². The van der Waals surface area contributed by atoms with Crippen LogP contribution in [0.2, 0.25) is 0 Å². The minimum absolute atomic E-state index is 0.279. The molecule has 1 saturated heterocycles. The summed E-state index contributed by atoms with van der Waals surface area (Å²) >= 11 is 0. The number of esters is 1. The van der Waals surface area contributed by atoms with Crippen LogP contribution < -0.4 is 9.47 Å². The summed E-state index contributed by atoms with van der Waals surface area (Å²) in [6.45, 7) is 2.04. The predicted molar refractivity (Wildman–Crippen MR) is 94.1 cm³/mol. The normalized spacial score (nSPS) is 22.0. The van der Waals surface area contributed by atoms with Crippen molar-refractivity contribution in [2.45, 2.75) is 25.4 Å². The van der Waals surface area contributed by atoms with Crippen molar-refractivity contribution >= 4 is 5.97 Å². The van der Waals surface area contributed by atoms with Crippen LogP contribution in [0.1, 0.15) is 30.4 Å². The second kappa shape index (κ2) is 8.21. The number of carbonyl (C=O) groups excluding carboxylic acids is 1. The van der Waals surface area contributed by atoms with Crippen LogP contribution in [0, 0.1) is 0 Å². The maximum atomic E-state index is 12.4. The van der Waals surface area contributed by atoms with Crippen LogP contribution in [0.5, 0.6) is 11.5 Å². The van der Waals surface area contributed by atoms with Crippen molar-refractivity contribution < 1.29 is 28.5 Å². The lowest BCUT2D eigenvalue weighted by Crippen LogP contribution is -2.28. The fourth-order valence-electron chi connectivity index (χ4n) is 2.81. The van der Waals surface area contributed by atoms with Crippen molar-refractivity contribution in [2.75, 3.05) is 20.8 Å². The zero-order valence-corrected chi connectivity index (χ0v) is 15.0. The summed E-state index contributed by atoms with van der Waals surface area (Å²) in [5.74, 6) is 1.02. The molecular weight excluding hydrogens is 336 g/mol. The Morgan fingerprint density at radius 3 is 1.92 bits per heavy atom. The first-order valence-electron chi connectivity index (χ1n) is 8.41. The van der Waals surface area contributed by atoms with Crippen LogP contribution in [0.25, 0.3) is 0 Å². The smallest absolute Gasteiger partial charge is 0.338 e. The van der Waals surface area contributed by atoms with Crippen LogP contribution in [0.3, 0.4) is 0 Å². The molecule has 0 amide bonds. The molecule has 3 rings (SSSR count). The van der Waals surface area contributed by atoms with E-state index in [4.69, 9.17) is 23.7 Å². The van der Waals surface area contributed by atoms with Gasteiger partial charge in [-0.3, -0.25) is 0 Å². The first-order valence-corrected chi connectivity index (χ1v) is 8.41. The first-order chi connectivity index (χ1) is 12.7. The molecule has 2 aromatic carbocycles. The van der Waals surface area contributed by atoms with Gasteiger partial charge in [0.1, 0.15) is 17.6 Å². The zero-order valence-electron chi connectivity index (χ0n) is 15.0. The van der Waals surface area contributed by atoms with Crippen LogP contribution in [0.4, 0.5) is 0 Å². The van der Waals surface area contributed by atoms with E-state index in [9.17, 15) is 4.79 Å². The molecule has 1 aliphatic rings. The second-order valence-electron chi connectivity index (χ2n) is 5.74. The van der Waals surface area contributed by atoms with E-state index in [0.717, 1.165) is 22.6 Å². The van der Waals surface area contributed by atoms with Gasteiger partial charge in [0.2, 0.25) is 0 Å². The van der Waals surface area contributed by atoms with Crippen molar-refractivity contribution in [1.29, 1.82) is 0 Å². The van der Waals surface area contributed by atoms with Crippen LogP contribution >= 0.6 is 0 Å². The average Bonchev–Trinajstić information content (AvgIpc) is 3.14. The summed E-state index contributed by atoms with van der Waals surface area (Å²) in [6, 6.07) is 14.7. The first kappa shape index (κ1) is 18.2. The van der Waals surface area contributed by atoms with E-state index in [-0.39, 0.29) is 6.61 Å². The van der Waals surface area contributed by atoms with E-state index < -0.39 is 24.5 Å². The summed E-state index contributed by atoms with van der Waals surface area (Å²) in [5, 5.41) is 0. The van der Waals surface area contributed by atoms with Gasteiger partial charge >= 0.3 is 5.97 Å². The van der Waals surface area contributed by atoms with Gasteiger partial charge in [0.05, 0.1) is 20.8 Å². The molecular formula is C20H22O6. The Bertz CT molecular complexity index is 725. The van der Waals surface area contributed by atoms with Gasteiger partial charge in [-0.1, -0.05) is 24.3 Å². The molecule has 3 atom stereocenters. The number of carbonyl (C=O) groups is 1. The van der Waals surface area contributed by atoms with Gasteiger partial charge in [0.15, 0.2) is 12.4 Å². The minimum atomic E-state index is -0.838. The van der Waals surface area contributed by atoms with Gasteiger partial charge in [0.25, 0.3) is 0 Å². The predicted octanol–water partition coefficient (Wildman–Crippen LogP) is 3.42. The van der Waals surface area contributed by atoms with Gasteiger partial charge < -0.3 is 23.7 Å². The van der Waals surface area contributed by atoms with Crippen molar-refractivity contribution in [3.8, 4) is 11.5 Å². The highest BCUT2D eigenvalue weighted by Crippen LogP contribution is 2.41. The molecule has 2 aromatic rings. The number of methoxy groups -OCH3 is 2. The lowest BCUT2D eigenvalue weighted by Gasteiger charge is -2.16. The van der Waals surface area contributed by atoms with Crippen molar-refractivity contribution in [2.24, 2.45) is 0 Å². The number of benzene rings is 2. The Balaban J connectivity index is 1.85. The van der Waals surface area contributed by atoms with Crippen LogP contribution in [-0.4, -0.2) is 32.9 Å². The number of hydrogen-bond acceptors (Lipinski definition) is 6. The zero-order chi connectivity index (χ0) is 18.5. The Morgan fingerprint density at radius 2 is 1.42 bits per heavy atom. The fraction of sp³-hybridized carbons (Fsp3) is 0.350. The Labute approximate surface area is 152 Å². The standard InChI is InChI=1S/C20H22O6/c1-4-24-19(21)18-17(13-5-9-15(22-2)10-6-13)25-20(26-18)14-7-11-16(23-3)12-8-14/h5-12,17-18,20H,4H2,1-3H3/t17-,18-,20+/m1/s1. The highest BCUT2D eigenvalue weighted by Gasteiger charge is 2.43. The van der Waals surface area contributed by atoms with Crippen LogP contribution in [-0.2, 0) is 19.0 Å². The second-order valence-corrected chi connectivity index (χ2v) is 5.74. The Hall–Kier alpha value is -2.57. The molecule has 1 fully saturated rings. The molecule has 6 heteroatoms. The summed E-state index contributed by atoms with van der Waals surface area (Å²) in [7, 11) is 3.21. The highest BCUT2D eigenvalue weighted by atomic mass is 16.7. The lowest BCUT2D eigenvalue weighted by atomic mass is 10.0. The molecule has 6 nitrogen and oxygen atoms in total. The van der Waals surface area contributed by atoms with Crippen molar-refractivity contribution in [3.05, 3.63) is 59.7 Å². The third kappa shape index (κ3) is 3.81. The van der Waals surface area contributed by atoms with Gasteiger partial charge in [-0.25, -0.2) is 4.79 Å². The van der Waals surface area contributed by atoms with Crippen molar-refractivity contribution in [1.82, 2.24) is 0 Å². The van der Waals surface area contributed by atoms with Gasteiger partial charge in [0, 0.05) is 5.56 Å². The molecule has 0 N–H and O–H groups in total. The Kier molecular flexibility index (Phi) is 5.75. The van der Waals surface area contributed by atoms with E-state index in [1.54, 1.807) is 21.1 Å². The number of rotatable bonds is 6. The maximum Gasteiger partial charge on any atom is 0.338 e. The summed E-state index contributed by atoms with van der Waals surface area (Å²) in [4.78, 5) is 12.4. The van der Waals surface area contributed by atoms with E-state index >= 15 is 0 Å². The summed E-state index contributed by atoms with van der Waals surface area (Å²) in [5.41, 5.74) is 1.62. The molecule has 1 aliphatic heterocycles. The van der Waals surface area contributed by atoms with E-state index in [1.165, 1.54) is 0 Å². The highest BCUT2D eigenvalue weighted by molar-refractivity contribution is 5.76. The number of hydrogen-bond donors (Lipinski definition) is 0. The van der Waals surface area contributed by atoms with E-state index in [0.29, 0.717) is 0 Å². The third-order valence-corrected chi connectivity index (χ3v) is 4.17. The quantitative estimate of drug-likeness (QED) is 0.738. The lowest BCUT2D eigenvalue weighted by molar-refractivity contribution is -0.157. The molecule has 0 unspecified atom stereocenters. The molecule has 0 bridgehead atoms. The van der Waals surface area contributed by atoms with Crippen molar-refractivity contribution in [3.63, 3.8) is 0 Å². The monoisotopic (exact) mass is 358 g/mol. The molecule has 1 heterocycles. The SMILES string of the molecule is CCOC(=O)[C@@H]1O[C@@H](c2ccc(OC)cc2)O[C@@H]1c1ccc(OC)cc1. The van der Waals surface area contributed by atoms with Gasteiger partial charge in [-0.15, -0.1) is 0 Å². The molecule has 0 saturated carbocycles. The molecule has 0 aliphatic carbocycles.